The summed E-state index contributed by atoms with van der Waals surface area (Å²) in [5.74, 6) is 7.25. The first-order valence-corrected chi connectivity index (χ1v) is 6.92. The number of nitrogen functional groups attached to an aromatic ring is 1. The first-order valence-electron chi connectivity index (χ1n) is 6.92. The summed E-state index contributed by atoms with van der Waals surface area (Å²) in [6.07, 6.45) is 3.31. The zero-order valence-corrected chi connectivity index (χ0v) is 12.0. The minimum Gasteiger partial charge on any atom is -0.455 e. The van der Waals surface area contributed by atoms with Crippen molar-refractivity contribution in [2.24, 2.45) is 5.84 Å². The Labute approximate surface area is 127 Å². The first-order chi connectivity index (χ1) is 10.8. The lowest BCUT2D eigenvalue weighted by atomic mass is 10.4. The fourth-order valence-electron chi connectivity index (χ4n) is 2.04. The molecule has 0 unspecified atom stereocenters. The molecule has 116 valence electrons. The van der Waals surface area contributed by atoms with Crippen molar-refractivity contribution in [1.29, 1.82) is 0 Å². The van der Waals surface area contributed by atoms with E-state index in [2.05, 4.69) is 30.3 Å². The van der Waals surface area contributed by atoms with E-state index in [0.717, 1.165) is 18.9 Å². The molecule has 0 aliphatic carbocycles. The van der Waals surface area contributed by atoms with Gasteiger partial charge in [0.05, 0.1) is 13.2 Å². The first kappa shape index (κ1) is 14.4. The average molecular weight is 303 g/mol. The van der Waals surface area contributed by atoms with Crippen LogP contribution >= 0.6 is 0 Å². The number of nitrogens with two attached hydrogens (primary N) is 1. The van der Waals surface area contributed by atoms with Gasteiger partial charge in [0.2, 0.25) is 0 Å². The van der Waals surface area contributed by atoms with Gasteiger partial charge in [0, 0.05) is 31.5 Å². The third kappa shape index (κ3) is 3.57. The molecule has 0 aromatic carbocycles. The molecular formula is C13H17N7O2. The van der Waals surface area contributed by atoms with Crippen LogP contribution in [0.5, 0.6) is 6.01 Å². The van der Waals surface area contributed by atoms with Crippen LogP contribution in [0.3, 0.4) is 0 Å². The molecule has 0 radical (unpaired) electrons. The van der Waals surface area contributed by atoms with Crippen molar-refractivity contribution in [3.05, 3.63) is 30.4 Å². The van der Waals surface area contributed by atoms with Gasteiger partial charge in [-0.15, -0.1) is 0 Å². The van der Waals surface area contributed by atoms with Gasteiger partial charge < -0.3 is 19.8 Å². The summed E-state index contributed by atoms with van der Waals surface area (Å²) in [5.41, 5.74) is 2.52. The SMILES string of the molecule is NNc1cc(N2CCOCC2)nc(OCc2ncccn2)n1. The monoisotopic (exact) mass is 303 g/mol. The molecule has 1 aliphatic heterocycles. The number of aromatic nitrogens is 4. The highest BCUT2D eigenvalue weighted by molar-refractivity contribution is 5.50. The molecule has 2 aromatic rings. The van der Waals surface area contributed by atoms with Crippen molar-refractivity contribution >= 4 is 11.6 Å². The Bertz CT molecular complexity index is 605. The van der Waals surface area contributed by atoms with Crippen molar-refractivity contribution < 1.29 is 9.47 Å². The topological polar surface area (TPSA) is 111 Å². The number of morpholine rings is 1. The molecule has 1 saturated heterocycles. The Hall–Kier alpha value is -2.52. The lowest BCUT2D eigenvalue weighted by molar-refractivity contribution is 0.122. The smallest absolute Gasteiger partial charge is 0.320 e. The van der Waals surface area contributed by atoms with E-state index in [-0.39, 0.29) is 12.6 Å². The highest BCUT2D eigenvalue weighted by atomic mass is 16.5. The van der Waals surface area contributed by atoms with Gasteiger partial charge in [-0.3, -0.25) is 0 Å². The fourth-order valence-corrected chi connectivity index (χ4v) is 2.04. The van der Waals surface area contributed by atoms with Crippen LogP contribution in [0, 0.1) is 0 Å². The summed E-state index contributed by atoms with van der Waals surface area (Å²) >= 11 is 0. The summed E-state index contributed by atoms with van der Waals surface area (Å²) in [7, 11) is 0. The Balaban J connectivity index is 1.75. The van der Waals surface area contributed by atoms with Crippen LogP contribution in [0.2, 0.25) is 0 Å². The van der Waals surface area contributed by atoms with Gasteiger partial charge >= 0.3 is 6.01 Å². The highest BCUT2D eigenvalue weighted by Gasteiger charge is 2.15. The highest BCUT2D eigenvalue weighted by Crippen LogP contribution is 2.20. The summed E-state index contributed by atoms with van der Waals surface area (Å²) < 4.78 is 10.9. The lowest BCUT2D eigenvalue weighted by Crippen LogP contribution is -2.37. The number of hydrogen-bond donors (Lipinski definition) is 2. The number of hydrogen-bond acceptors (Lipinski definition) is 9. The third-order valence-electron chi connectivity index (χ3n) is 3.12. The van der Waals surface area contributed by atoms with Gasteiger partial charge in [-0.25, -0.2) is 15.8 Å². The molecule has 0 spiro atoms. The average Bonchev–Trinajstić information content (AvgIpc) is 2.61. The van der Waals surface area contributed by atoms with Gasteiger partial charge in [-0.2, -0.15) is 9.97 Å². The van der Waals surface area contributed by atoms with E-state index in [0.29, 0.717) is 24.9 Å². The van der Waals surface area contributed by atoms with Gasteiger partial charge in [-0.1, -0.05) is 0 Å². The van der Waals surface area contributed by atoms with Crippen LogP contribution in [0.25, 0.3) is 0 Å². The Morgan fingerprint density at radius 3 is 2.73 bits per heavy atom. The molecule has 0 bridgehead atoms. The van der Waals surface area contributed by atoms with Crippen LogP contribution in [-0.2, 0) is 11.3 Å². The van der Waals surface area contributed by atoms with E-state index in [9.17, 15) is 0 Å². The van der Waals surface area contributed by atoms with Crippen molar-refractivity contribution in [1.82, 2.24) is 19.9 Å². The van der Waals surface area contributed by atoms with E-state index >= 15 is 0 Å². The lowest BCUT2D eigenvalue weighted by Gasteiger charge is -2.28. The Morgan fingerprint density at radius 1 is 1.23 bits per heavy atom. The molecule has 3 heterocycles. The van der Waals surface area contributed by atoms with Gasteiger partial charge in [0.25, 0.3) is 0 Å². The van der Waals surface area contributed by atoms with Crippen molar-refractivity contribution in [3.8, 4) is 6.01 Å². The Kier molecular flexibility index (Phi) is 4.56. The molecule has 3 N–H and O–H groups in total. The molecule has 0 saturated carbocycles. The van der Waals surface area contributed by atoms with E-state index in [4.69, 9.17) is 15.3 Å². The molecule has 9 heteroatoms. The van der Waals surface area contributed by atoms with E-state index in [1.807, 2.05) is 0 Å². The van der Waals surface area contributed by atoms with Crippen LogP contribution in [-0.4, -0.2) is 46.2 Å². The largest absolute Gasteiger partial charge is 0.455 e. The van der Waals surface area contributed by atoms with Crippen LogP contribution in [0.4, 0.5) is 11.6 Å². The van der Waals surface area contributed by atoms with Crippen LogP contribution in [0.15, 0.2) is 24.5 Å². The van der Waals surface area contributed by atoms with Gasteiger partial charge in [0.15, 0.2) is 12.4 Å². The molecule has 1 fully saturated rings. The van der Waals surface area contributed by atoms with Crippen molar-refractivity contribution in [2.45, 2.75) is 6.61 Å². The zero-order chi connectivity index (χ0) is 15.2. The predicted molar refractivity (Wildman–Crippen MR) is 79.2 cm³/mol. The van der Waals surface area contributed by atoms with E-state index in [1.165, 1.54) is 0 Å². The summed E-state index contributed by atoms with van der Waals surface area (Å²) in [4.78, 5) is 18.9. The predicted octanol–water partition coefficient (Wildman–Crippen LogP) is -0.0322. The third-order valence-corrected chi connectivity index (χ3v) is 3.12. The van der Waals surface area contributed by atoms with Crippen molar-refractivity contribution in [3.63, 3.8) is 0 Å². The van der Waals surface area contributed by atoms with E-state index in [1.54, 1.807) is 24.5 Å². The number of anilines is 2. The molecule has 3 rings (SSSR count). The summed E-state index contributed by atoms with van der Waals surface area (Å²) in [6.45, 7) is 3.06. The molecule has 0 atom stereocenters. The van der Waals surface area contributed by atoms with Crippen LogP contribution in [0.1, 0.15) is 5.82 Å². The Morgan fingerprint density at radius 2 is 2.00 bits per heavy atom. The van der Waals surface area contributed by atoms with E-state index < -0.39 is 0 Å². The summed E-state index contributed by atoms with van der Waals surface area (Å²) in [5, 5.41) is 0. The molecule has 0 amide bonds. The maximum atomic E-state index is 5.57. The standard InChI is InChI=1S/C13H17N7O2/c14-19-10-8-12(20-4-6-21-7-5-20)18-13(17-10)22-9-11-15-2-1-3-16-11/h1-3,8H,4-7,9,14H2,(H,17,18,19). The number of nitrogens with one attached hydrogen (secondary N) is 1. The summed E-state index contributed by atoms with van der Waals surface area (Å²) in [6, 6.07) is 3.75. The van der Waals surface area contributed by atoms with Gasteiger partial charge in [-0.05, 0) is 6.07 Å². The quantitative estimate of drug-likeness (QED) is 0.580. The maximum absolute atomic E-state index is 5.57. The number of ether oxygens (including phenoxy) is 2. The fraction of sp³-hybridized carbons (Fsp3) is 0.385. The molecule has 22 heavy (non-hydrogen) atoms. The van der Waals surface area contributed by atoms with Crippen LogP contribution < -0.4 is 20.9 Å². The molecular weight excluding hydrogens is 286 g/mol. The van der Waals surface area contributed by atoms with Crippen molar-refractivity contribution in [2.75, 3.05) is 36.6 Å². The molecule has 1 aliphatic rings. The number of hydrazine groups is 1. The van der Waals surface area contributed by atoms with Gasteiger partial charge in [0.1, 0.15) is 11.6 Å². The minimum atomic E-state index is 0.192. The second-order valence-corrected chi connectivity index (χ2v) is 4.59. The zero-order valence-electron chi connectivity index (χ0n) is 12.0. The number of nitrogens with zero attached hydrogens (tertiary/aromatic N) is 5. The second kappa shape index (κ2) is 6.96. The number of rotatable bonds is 5. The second-order valence-electron chi connectivity index (χ2n) is 4.59. The molecule has 9 nitrogen and oxygen atoms in total. The minimum absolute atomic E-state index is 0.192. The normalized spacial score (nSPS) is 14.7. The molecule has 2 aromatic heterocycles. The maximum Gasteiger partial charge on any atom is 0.320 e.